The predicted octanol–water partition coefficient (Wildman–Crippen LogP) is 3.29. The van der Waals surface area contributed by atoms with E-state index in [2.05, 4.69) is 6.07 Å². The van der Waals surface area contributed by atoms with Crippen LogP contribution in [0.25, 0.3) is 11.1 Å². The van der Waals surface area contributed by atoms with Gasteiger partial charge in [0.25, 0.3) is 0 Å². The van der Waals surface area contributed by atoms with Crippen LogP contribution < -0.4 is 10.5 Å². The van der Waals surface area contributed by atoms with Gasteiger partial charge in [0.15, 0.2) is 0 Å². The lowest BCUT2D eigenvalue weighted by Crippen LogP contribution is -2.40. The number of nitrogens with two attached hydrogens (primary N) is 1. The van der Waals surface area contributed by atoms with E-state index in [0.29, 0.717) is 17.9 Å². The van der Waals surface area contributed by atoms with Crippen molar-refractivity contribution in [2.24, 2.45) is 10.7 Å². The number of ether oxygens (including phenoxy) is 2. The Morgan fingerprint density at radius 2 is 2.10 bits per heavy atom. The quantitative estimate of drug-likeness (QED) is 0.844. The summed E-state index contributed by atoms with van der Waals surface area (Å²) >= 11 is 0. The molecule has 0 saturated carbocycles. The lowest BCUT2D eigenvalue weighted by Gasteiger charge is -2.37. The van der Waals surface area contributed by atoms with E-state index in [-0.39, 0.29) is 12.2 Å². The normalized spacial score (nSPS) is 27.5. The van der Waals surface area contributed by atoms with Gasteiger partial charge in [-0.3, -0.25) is 0 Å². The first-order valence-corrected chi connectivity index (χ1v) is 10.3. The van der Waals surface area contributed by atoms with Crippen molar-refractivity contribution in [3.63, 3.8) is 0 Å². The summed E-state index contributed by atoms with van der Waals surface area (Å²) in [5.41, 5.74) is 8.56. The molecule has 0 amide bonds. The molecule has 3 atom stereocenters. The van der Waals surface area contributed by atoms with E-state index in [1.807, 2.05) is 36.4 Å². The monoisotopic (exact) mass is 404 g/mol. The summed E-state index contributed by atoms with van der Waals surface area (Å²) in [7, 11) is 1.76. The highest BCUT2D eigenvalue weighted by molar-refractivity contribution is 5.79. The van der Waals surface area contributed by atoms with Crippen LogP contribution in [0, 0.1) is 11.3 Å². The van der Waals surface area contributed by atoms with E-state index >= 15 is 0 Å². The van der Waals surface area contributed by atoms with Crippen LogP contribution in [0.2, 0.25) is 0 Å². The molecule has 154 valence electrons. The first-order valence-electron chi connectivity index (χ1n) is 10.3. The van der Waals surface area contributed by atoms with E-state index in [0.717, 1.165) is 48.3 Å². The SMILES string of the molecule is CN1OC2(CC(CC3CCCO3)Oc3ccc(-c4cccc(C#N)c4)cc32)N=C1N. The average Bonchev–Trinajstić information content (AvgIpc) is 3.36. The number of fused-ring (bicyclic) bond motifs is 2. The van der Waals surface area contributed by atoms with Crippen molar-refractivity contribution in [2.45, 2.75) is 43.6 Å². The molecule has 0 aromatic heterocycles. The molecule has 3 heterocycles. The first-order chi connectivity index (χ1) is 14.6. The second-order valence-corrected chi connectivity index (χ2v) is 8.06. The maximum Gasteiger partial charge on any atom is 0.221 e. The summed E-state index contributed by atoms with van der Waals surface area (Å²) in [4.78, 5) is 10.9. The van der Waals surface area contributed by atoms with Crippen molar-refractivity contribution in [1.82, 2.24) is 5.06 Å². The molecule has 2 N–H and O–H groups in total. The van der Waals surface area contributed by atoms with Gasteiger partial charge in [0.1, 0.15) is 11.9 Å². The topological polar surface area (TPSA) is 93.1 Å². The molecule has 1 saturated heterocycles. The molecule has 1 fully saturated rings. The van der Waals surface area contributed by atoms with Gasteiger partial charge in [-0.1, -0.05) is 18.2 Å². The minimum Gasteiger partial charge on any atom is -0.490 e. The molecule has 3 aliphatic rings. The Morgan fingerprint density at radius 3 is 2.83 bits per heavy atom. The highest BCUT2D eigenvalue weighted by Crippen LogP contribution is 2.48. The smallest absolute Gasteiger partial charge is 0.221 e. The summed E-state index contributed by atoms with van der Waals surface area (Å²) in [6.45, 7) is 0.814. The molecule has 0 aliphatic carbocycles. The van der Waals surface area contributed by atoms with Crippen LogP contribution in [0.3, 0.4) is 0 Å². The highest BCUT2D eigenvalue weighted by Gasteiger charge is 2.49. The minimum atomic E-state index is -0.918. The minimum absolute atomic E-state index is 0.0728. The summed E-state index contributed by atoms with van der Waals surface area (Å²) < 4.78 is 12.2. The van der Waals surface area contributed by atoms with Gasteiger partial charge in [-0.05, 0) is 48.2 Å². The molecule has 2 aromatic rings. The van der Waals surface area contributed by atoms with Crippen LogP contribution in [0.5, 0.6) is 5.75 Å². The van der Waals surface area contributed by atoms with Crippen LogP contribution in [0.1, 0.15) is 36.8 Å². The summed E-state index contributed by atoms with van der Waals surface area (Å²) in [5.74, 6) is 1.09. The summed E-state index contributed by atoms with van der Waals surface area (Å²) in [6.07, 6.45) is 3.65. The van der Waals surface area contributed by atoms with Gasteiger partial charge in [0, 0.05) is 26.5 Å². The molecule has 2 aromatic carbocycles. The number of hydroxylamine groups is 2. The van der Waals surface area contributed by atoms with Gasteiger partial charge in [-0.15, -0.1) is 0 Å². The third kappa shape index (κ3) is 3.28. The fourth-order valence-electron chi connectivity index (χ4n) is 4.52. The van der Waals surface area contributed by atoms with E-state index in [9.17, 15) is 5.26 Å². The Kier molecular flexibility index (Phi) is 4.61. The lowest BCUT2D eigenvalue weighted by molar-refractivity contribution is -0.192. The third-order valence-corrected chi connectivity index (χ3v) is 5.98. The van der Waals surface area contributed by atoms with Crippen LogP contribution in [-0.2, 0) is 15.3 Å². The van der Waals surface area contributed by atoms with Crippen molar-refractivity contribution in [1.29, 1.82) is 5.26 Å². The second kappa shape index (κ2) is 7.31. The fraction of sp³-hybridized carbons (Fsp3) is 0.391. The summed E-state index contributed by atoms with van der Waals surface area (Å²) in [6, 6.07) is 15.7. The van der Waals surface area contributed by atoms with Crippen molar-refractivity contribution in [3.05, 3.63) is 53.6 Å². The number of benzene rings is 2. The van der Waals surface area contributed by atoms with Crippen molar-refractivity contribution in [2.75, 3.05) is 13.7 Å². The standard InChI is InChI=1S/C23H24N4O3/c1-27-22(25)26-23(30-27)13-19(12-18-6-3-9-28-18)29-21-8-7-17(11-20(21)23)16-5-2-4-15(10-16)14-24/h2,4-5,7-8,10-11,18-19H,3,6,9,12-13H2,1H3,(H2,25,26). The molecule has 3 unspecified atom stereocenters. The molecule has 1 spiro atoms. The number of hydrogen-bond acceptors (Lipinski definition) is 7. The van der Waals surface area contributed by atoms with Crippen molar-refractivity contribution < 1.29 is 14.3 Å². The Bertz CT molecular complexity index is 1040. The lowest BCUT2D eigenvalue weighted by atomic mass is 9.88. The second-order valence-electron chi connectivity index (χ2n) is 8.06. The van der Waals surface area contributed by atoms with Gasteiger partial charge >= 0.3 is 0 Å². The summed E-state index contributed by atoms with van der Waals surface area (Å²) in [5, 5.41) is 10.8. The Balaban J connectivity index is 1.54. The van der Waals surface area contributed by atoms with E-state index < -0.39 is 5.72 Å². The van der Waals surface area contributed by atoms with Crippen LogP contribution in [0.4, 0.5) is 0 Å². The first kappa shape index (κ1) is 18.9. The van der Waals surface area contributed by atoms with Crippen molar-refractivity contribution >= 4 is 5.96 Å². The predicted molar refractivity (Wildman–Crippen MR) is 111 cm³/mol. The molecular formula is C23H24N4O3. The Hall–Kier alpha value is -3.08. The number of aliphatic imine (C=N–C) groups is 1. The van der Waals surface area contributed by atoms with E-state index in [1.54, 1.807) is 13.1 Å². The van der Waals surface area contributed by atoms with Crippen molar-refractivity contribution in [3.8, 4) is 22.9 Å². The molecular weight excluding hydrogens is 380 g/mol. The van der Waals surface area contributed by atoms with Crippen LogP contribution >= 0.6 is 0 Å². The molecule has 3 aliphatic heterocycles. The molecule has 7 nitrogen and oxygen atoms in total. The maximum absolute atomic E-state index is 9.24. The number of rotatable bonds is 3. The Labute approximate surface area is 175 Å². The van der Waals surface area contributed by atoms with Crippen LogP contribution in [0.15, 0.2) is 47.5 Å². The van der Waals surface area contributed by atoms with Gasteiger partial charge in [-0.2, -0.15) is 5.26 Å². The number of hydrogen-bond donors (Lipinski definition) is 1. The zero-order valence-corrected chi connectivity index (χ0v) is 16.9. The zero-order chi connectivity index (χ0) is 20.7. The fourth-order valence-corrected chi connectivity index (χ4v) is 4.52. The molecule has 30 heavy (non-hydrogen) atoms. The van der Waals surface area contributed by atoms with E-state index in [4.69, 9.17) is 25.0 Å². The van der Waals surface area contributed by atoms with Gasteiger partial charge < -0.3 is 15.2 Å². The number of guanidine groups is 1. The van der Waals surface area contributed by atoms with Gasteiger partial charge in [-0.25, -0.2) is 14.9 Å². The largest absolute Gasteiger partial charge is 0.490 e. The number of nitrogens with zero attached hydrogens (tertiary/aromatic N) is 3. The molecule has 7 heteroatoms. The van der Waals surface area contributed by atoms with Crippen LogP contribution in [-0.4, -0.2) is 36.9 Å². The van der Waals surface area contributed by atoms with E-state index in [1.165, 1.54) is 5.06 Å². The molecule has 0 radical (unpaired) electrons. The molecule has 5 rings (SSSR count). The third-order valence-electron chi connectivity index (χ3n) is 5.98. The average molecular weight is 404 g/mol. The number of nitriles is 1. The molecule has 0 bridgehead atoms. The highest BCUT2D eigenvalue weighted by atomic mass is 16.7. The zero-order valence-electron chi connectivity index (χ0n) is 16.9. The maximum atomic E-state index is 9.24. The van der Waals surface area contributed by atoms with Gasteiger partial charge in [0.05, 0.1) is 23.3 Å². The Morgan fingerprint density at radius 1 is 1.23 bits per heavy atom. The van der Waals surface area contributed by atoms with Gasteiger partial charge in [0.2, 0.25) is 11.7 Å².